The summed E-state index contributed by atoms with van der Waals surface area (Å²) in [5.41, 5.74) is 4.06. The zero-order valence-electron chi connectivity index (χ0n) is 12.0. The molecule has 18 heavy (non-hydrogen) atoms. The Bertz CT molecular complexity index is 436. The van der Waals surface area contributed by atoms with Crippen LogP contribution in [0.5, 0.6) is 0 Å². The Kier molecular flexibility index (Phi) is 4.18. The lowest BCUT2D eigenvalue weighted by Crippen LogP contribution is -2.30. The Morgan fingerprint density at radius 2 is 2.17 bits per heavy atom. The van der Waals surface area contributed by atoms with Gasteiger partial charge in [0, 0.05) is 24.5 Å². The minimum absolute atomic E-state index is 0.693. The van der Waals surface area contributed by atoms with Crippen LogP contribution in [-0.4, -0.2) is 29.0 Å². The molecule has 2 heteroatoms. The first-order valence-corrected chi connectivity index (χ1v) is 7.16. The van der Waals surface area contributed by atoms with Crippen LogP contribution in [0, 0.1) is 12.8 Å². The van der Waals surface area contributed by atoms with E-state index in [1.165, 1.54) is 25.1 Å². The van der Waals surface area contributed by atoms with Crippen molar-refractivity contribution in [2.75, 3.05) is 13.1 Å². The number of aromatic nitrogens is 1. The molecule has 2 heterocycles. The third-order valence-electron chi connectivity index (χ3n) is 3.90. The van der Waals surface area contributed by atoms with Crippen molar-refractivity contribution in [3.63, 3.8) is 0 Å². The summed E-state index contributed by atoms with van der Waals surface area (Å²) in [7, 11) is 0. The summed E-state index contributed by atoms with van der Waals surface area (Å²) < 4.78 is 0. The number of rotatable bonds is 2. The molecule has 0 radical (unpaired) electrons. The zero-order valence-corrected chi connectivity index (χ0v) is 12.0. The smallest absolute Gasteiger partial charge is 0.0378 e. The van der Waals surface area contributed by atoms with E-state index in [2.05, 4.69) is 41.9 Å². The fourth-order valence-corrected chi connectivity index (χ4v) is 3.10. The summed E-state index contributed by atoms with van der Waals surface area (Å²) in [5.74, 6) is 0.756. The van der Waals surface area contributed by atoms with Gasteiger partial charge in [0.25, 0.3) is 0 Å². The molecule has 1 aliphatic carbocycles. The Morgan fingerprint density at radius 3 is 2.72 bits per heavy atom. The maximum Gasteiger partial charge on any atom is 0.0378 e. The van der Waals surface area contributed by atoms with Crippen LogP contribution < -0.4 is 0 Å². The van der Waals surface area contributed by atoms with Gasteiger partial charge in [-0.1, -0.05) is 26.8 Å². The molecule has 1 aliphatic heterocycles. The molecule has 1 fully saturated rings. The van der Waals surface area contributed by atoms with E-state index in [1.54, 1.807) is 5.57 Å². The summed E-state index contributed by atoms with van der Waals surface area (Å²) in [5, 5.41) is 0. The average molecular weight is 244 g/mol. The highest BCUT2D eigenvalue weighted by Crippen LogP contribution is 2.41. The molecule has 2 bridgehead atoms. The molecule has 0 saturated carbocycles. The fourth-order valence-electron chi connectivity index (χ4n) is 3.10. The Balaban J connectivity index is 0.000000574. The first-order chi connectivity index (χ1) is 8.78. The van der Waals surface area contributed by atoms with Crippen LogP contribution in [0.2, 0.25) is 0 Å². The highest BCUT2D eigenvalue weighted by molar-refractivity contribution is 5.71. The molecule has 98 valence electrons. The van der Waals surface area contributed by atoms with Crippen LogP contribution >= 0.6 is 0 Å². The van der Waals surface area contributed by atoms with Crippen molar-refractivity contribution in [1.29, 1.82) is 0 Å². The average Bonchev–Trinajstić information content (AvgIpc) is 3.00. The second-order valence-electron chi connectivity index (χ2n) is 4.90. The lowest BCUT2D eigenvalue weighted by Gasteiger charge is -2.24. The van der Waals surface area contributed by atoms with Crippen LogP contribution in [0.25, 0.3) is 5.57 Å². The third-order valence-corrected chi connectivity index (χ3v) is 3.90. The molecule has 0 amide bonds. The third kappa shape index (κ3) is 2.35. The molecule has 0 aromatic carbocycles. The minimum atomic E-state index is 0.693. The van der Waals surface area contributed by atoms with Crippen LogP contribution in [0.3, 0.4) is 0 Å². The topological polar surface area (TPSA) is 16.1 Å². The van der Waals surface area contributed by atoms with Crippen molar-refractivity contribution < 1.29 is 0 Å². The molecular formula is C16H24N2. The van der Waals surface area contributed by atoms with Crippen LogP contribution in [0.1, 0.15) is 38.4 Å². The summed E-state index contributed by atoms with van der Waals surface area (Å²) >= 11 is 0. The van der Waals surface area contributed by atoms with Crippen molar-refractivity contribution in [1.82, 2.24) is 9.88 Å². The van der Waals surface area contributed by atoms with Crippen LogP contribution in [-0.2, 0) is 0 Å². The van der Waals surface area contributed by atoms with Gasteiger partial charge in [-0.15, -0.1) is 0 Å². The summed E-state index contributed by atoms with van der Waals surface area (Å²) in [6.07, 6.45) is 5.71. The van der Waals surface area contributed by atoms with Crippen molar-refractivity contribution >= 4 is 5.57 Å². The number of hydrogen-bond donors (Lipinski definition) is 0. The van der Waals surface area contributed by atoms with Gasteiger partial charge >= 0.3 is 0 Å². The van der Waals surface area contributed by atoms with Crippen LogP contribution in [0.15, 0.2) is 24.4 Å². The van der Waals surface area contributed by atoms with E-state index in [-0.39, 0.29) is 0 Å². The summed E-state index contributed by atoms with van der Waals surface area (Å²) in [4.78, 5) is 6.84. The zero-order chi connectivity index (χ0) is 13.1. The number of fused-ring (bicyclic) bond motifs is 2. The monoisotopic (exact) mass is 244 g/mol. The number of likely N-dealkylation sites (tertiary alicyclic amines) is 1. The van der Waals surface area contributed by atoms with Crippen molar-refractivity contribution in [2.45, 2.75) is 40.2 Å². The maximum absolute atomic E-state index is 4.27. The second-order valence-corrected chi connectivity index (χ2v) is 4.90. The van der Waals surface area contributed by atoms with Crippen molar-refractivity contribution in [3.8, 4) is 0 Å². The minimum Gasteiger partial charge on any atom is -0.297 e. The quantitative estimate of drug-likeness (QED) is 0.791. The number of hydrogen-bond acceptors (Lipinski definition) is 2. The lowest BCUT2D eigenvalue weighted by atomic mass is 9.95. The Hall–Kier alpha value is -1.15. The van der Waals surface area contributed by atoms with E-state index in [9.17, 15) is 0 Å². The Morgan fingerprint density at radius 1 is 1.39 bits per heavy atom. The predicted octanol–water partition coefficient (Wildman–Crippen LogP) is 3.52. The number of pyridine rings is 1. The van der Waals surface area contributed by atoms with Crippen molar-refractivity contribution in [3.05, 3.63) is 35.7 Å². The predicted molar refractivity (Wildman–Crippen MR) is 77.4 cm³/mol. The molecule has 2 aliphatic rings. The van der Waals surface area contributed by atoms with Gasteiger partial charge in [-0.05, 0) is 49.1 Å². The highest BCUT2D eigenvalue weighted by Gasteiger charge is 2.37. The first kappa shape index (κ1) is 13.3. The molecule has 2 atom stereocenters. The molecule has 1 saturated heterocycles. The second kappa shape index (κ2) is 5.66. The Labute approximate surface area is 111 Å². The lowest BCUT2D eigenvalue weighted by molar-refractivity contribution is 0.297. The number of aryl methyl sites for hydroxylation is 1. The van der Waals surface area contributed by atoms with Crippen molar-refractivity contribution in [2.24, 2.45) is 5.92 Å². The van der Waals surface area contributed by atoms with Gasteiger partial charge in [-0.25, -0.2) is 0 Å². The molecule has 0 N–H and O–H groups in total. The van der Waals surface area contributed by atoms with Gasteiger partial charge in [-0.3, -0.25) is 9.88 Å². The van der Waals surface area contributed by atoms with E-state index in [4.69, 9.17) is 0 Å². The normalized spacial score (nSPS) is 25.7. The summed E-state index contributed by atoms with van der Waals surface area (Å²) in [6, 6.07) is 5.05. The van der Waals surface area contributed by atoms with Gasteiger partial charge in [0.1, 0.15) is 0 Å². The fraction of sp³-hybridized carbons (Fsp3) is 0.562. The van der Waals surface area contributed by atoms with Gasteiger partial charge < -0.3 is 0 Å². The molecule has 1 aromatic rings. The standard InChI is InChI=1S/C14H18N2.C2H6/c1-3-16-9-12-7-13(16)8-14(12)11-4-5-15-10(2)6-11;1-2/h4-6,8,12-13H,3,7,9H2,1-2H3;1-2H3. The van der Waals surface area contributed by atoms with E-state index >= 15 is 0 Å². The van der Waals surface area contributed by atoms with Crippen LogP contribution in [0.4, 0.5) is 0 Å². The summed E-state index contributed by atoms with van der Waals surface area (Å²) in [6.45, 7) is 10.7. The highest BCUT2D eigenvalue weighted by atomic mass is 15.2. The maximum atomic E-state index is 4.27. The van der Waals surface area contributed by atoms with Gasteiger partial charge in [-0.2, -0.15) is 0 Å². The van der Waals surface area contributed by atoms with E-state index < -0.39 is 0 Å². The molecular weight excluding hydrogens is 220 g/mol. The first-order valence-electron chi connectivity index (χ1n) is 7.16. The molecule has 2 unspecified atom stereocenters. The van der Waals surface area contributed by atoms with Gasteiger partial charge in [0.2, 0.25) is 0 Å². The number of nitrogens with zero attached hydrogens (tertiary/aromatic N) is 2. The molecule has 2 nitrogen and oxygen atoms in total. The number of likely N-dealkylation sites (N-methyl/N-ethyl adjacent to an activating group) is 1. The molecule has 0 spiro atoms. The largest absolute Gasteiger partial charge is 0.297 e. The molecule has 3 rings (SSSR count). The van der Waals surface area contributed by atoms with E-state index in [1.807, 2.05) is 20.0 Å². The van der Waals surface area contributed by atoms with E-state index in [0.29, 0.717) is 6.04 Å². The van der Waals surface area contributed by atoms with Gasteiger partial charge in [0.15, 0.2) is 0 Å². The van der Waals surface area contributed by atoms with E-state index in [0.717, 1.165) is 11.6 Å². The van der Waals surface area contributed by atoms with Gasteiger partial charge in [0.05, 0.1) is 0 Å². The molecule has 1 aromatic heterocycles. The SMILES string of the molecule is CC.CCN1CC2CC1C=C2c1ccnc(C)c1.